The third kappa shape index (κ3) is 3.03. The summed E-state index contributed by atoms with van der Waals surface area (Å²) >= 11 is 0. The van der Waals surface area contributed by atoms with Gasteiger partial charge in [0.2, 0.25) is 11.8 Å². The highest BCUT2D eigenvalue weighted by Gasteiger charge is 2.69. The van der Waals surface area contributed by atoms with Crippen molar-refractivity contribution in [1.82, 2.24) is 14.9 Å². The van der Waals surface area contributed by atoms with Gasteiger partial charge in [-0.3, -0.25) is 24.3 Å². The lowest BCUT2D eigenvalue weighted by Gasteiger charge is -2.32. The molecule has 0 bridgehead atoms. The number of anilines is 1. The Morgan fingerprint density at radius 1 is 0.923 bits per heavy atom. The topological polar surface area (TPSA) is 93.5 Å². The van der Waals surface area contributed by atoms with E-state index < -0.39 is 17.4 Å². The summed E-state index contributed by atoms with van der Waals surface area (Å²) in [7, 11) is 1.53. The van der Waals surface area contributed by atoms with Crippen LogP contribution in [0.2, 0.25) is 0 Å². The zero-order valence-corrected chi connectivity index (χ0v) is 21.9. The van der Waals surface area contributed by atoms with Crippen molar-refractivity contribution in [2.45, 2.75) is 31.8 Å². The van der Waals surface area contributed by atoms with Crippen LogP contribution in [-0.4, -0.2) is 34.5 Å². The summed E-state index contributed by atoms with van der Waals surface area (Å²) in [5.74, 6) is -0.826. The van der Waals surface area contributed by atoms with E-state index in [1.54, 1.807) is 28.8 Å². The van der Waals surface area contributed by atoms with E-state index in [-0.39, 0.29) is 29.3 Å². The lowest BCUT2D eigenvalue weighted by Crippen LogP contribution is -2.50. The summed E-state index contributed by atoms with van der Waals surface area (Å²) in [6.45, 7) is 4.21. The Balaban J connectivity index is 1.52. The van der Waals surface area contributed by atoms with Crippen molar-refractivity contribution in [2.75, 3.05) is 12.0 Å². The molecule has 8 heteroatoms. The predicted octanol–water partition coefficient (Wildman–Crippen LogP) is 3.78. The summed E-state index contributed by atoms with van der Waals surface area (Å²) in [6, 6.07) is 21.7. The molecular weight excluding hydrogens is 492 g/mol. The zero-order chi connectivity index (χ0) is 27.1. The molecule has 196 valence electrons. The molecule has 7 rings (SSSR count). The average Bonchev–Trinajstić information content (AvgIpc) is 3.51. The number of nitrogens with zero attached hydrogens (tertiary/aromatic N) is 3. The number of hydrogen-bond donors (Lipinski definition) is 1. The Hall–Kier alpha value is -4.30. The highest BCUT2D eigenvalue weighted by molar-refractivity contribution is 6.24. The Morgan fingerprint density at radius 2 is 1.62 bits per heavy atom. The molecule has 4 aromatic rings. The summed E-state index contributed by atoms with van der Waals surface area (Å²) in [5, 5.41) is 4.25. The molecule has 2 amide bonds. The Morgan fingerprint density at radius 3 is 2.38 bits per heavy atom. The van der Waals surface area contributed by atoms with Gasteiger partial charge in [0.15, 0.2) is 0 Å². The van der Waals surface area contributed by atoms with Crippen LogP contribution in [0.4, 0.5) is 5.69 Å². The molecule has 0 saturated carbocycles. The van der Waals surface area contributed by atoms with Gasteiger partial charge in [-0.15, -0.1) is 0 Å². The molecular formula is C31H28N4O4. The zero-order valence-electron chi connectivity index (χ0n) is 21.9. The molecule has 1 aromatic heterocycles. The van der Waals surface area contributed by atoms with Gasteiger partial charge in [0.25, 0.3) is 5.56 Å². The van der Waals surface area contributed by atoms with Gasteiger partial charge < -0.3 is 4.74 Å². The first kappa shape index (κ1) is 23.8. The number of benzene rings is 3. The second kappa shape index (κ2) is 8.35. The lowest BCUT2D eigenvalue weighted by molar-refractivity contribution is -0.123. The van der Waals surface area contributed by atoms with Gasteiger partial charge in [-0.05, 0) is 42.7 Å². The van der Waals surface area contributed by atoms with Gasteiger partial charge in [-0.2, -0.15) is 0 Å². The van der Waals surface area contributed by atoms with Crippen molar-refractivity contribution in [3.63, 3.8) is 0 Å². The van der Waals surface area contributed by atoms with Gasteiger partial charge in [0, 0.05) is 11.6 Å². The minimum absolute atomic E-state index is 0.191. The molecule has 1 N–H and O–H groups in total. The van der Waals surface area contributed by atoms with Crippen LogP contribution in [-0.2, 0) is 15.1 Å². The number of fused-ring (bicyclic) bond motifs is 8. The molecule has 3 aromatic carbocycles. The smallest absolute Gasteiger partial charge is 0.266 e. The van der Waals surface area contributed by atoms with E-state index in [0.29, 0.717) is 40.3 Å². The van der Waals surface area contributed by atoms with Crippen molar-refractivity contribution in [2.24, 2.45) is 17.8 Å². The van der Waals surface area contributed by atoms with Gasteiger partial charge in [-0.1, -0.05) is 56.3 Å². The summed E-state index contributed by atoms with van der Waals surface area (Å²) < 4.78 is 7.17. The fourth-order valence-corrected chi connectivity index (χ4v) is 6.98. The van der Waals surface area contributed by atoms with Crippen molar-refractivity contribution in [3.05, 3.63) is 94.5 Å². The fourth-order valence-electron chi connectivity index (χ4n) is 6.98. The van der Waals surface area contributed by atoms with E-state index in [1.165, 1.54) is 12.0 Å². The van der Waals surface area contributed by atoms with Gasteiger partial charge in [0.05, 0.1) is 41.2 Å². The summed E-state index contributed by atoms with van der Waals surface area (Å²) in [4.78, 5) is 49.0. The molecule has 3 aliphatic rings. The maximum absolute atomic E-state index is 14.5. The Bertz CT molecular complexity index is 1740. The number of carbonyl (C=O) groups is 2. The number of nitrogens with one attached hydrogen (secondary N) is 1. The van der Waals surface area contributed by atoms with Crippen molar-refractivity contribution >= 4 is 28.4 Å². The van der Waals surface area contributed by atoms with Crippen LogP contribution in [0.3, 0.4) is 0 Å². The Kier molecular flexibility index (Phi) is 5.09. The Labute approximate surface area is 225 Å². The van der Waals surface area contributed by atoms with E-state index >= 15 is 0 Å². The molecule has 2 saturated heterocycles. The molecule has 3 aliphatic heterocycles. The monoisotopic (exact) mass is 520 g/mol. The summed E-state index contributed by atoms with van der Waals surface area (Å²) in [5.41, 5.74) is 1.12. The maximum Gasteiger partial charge on any atom is 0.266 e. The van der Waals surface area contributed by atoms with E-state index in [2.05, 4.69) is 19.2 Å². The minimum atomic E-state index is -1.15. The first-order chi connectivity index (χ1) is 18.9. The number of methoxy groups -OCH3 is 1. The van der Waals surface area contributed by atoms with Crippen LogP contribution in [0.5, 0.6) is 5.75 Å². The standard InChI is InChI=1S/C31H28N4O4/c1-17(2)16-21-25-26(29(38)34(28(25)37)23-14-8-9-15-24(23)39-3)31(33-21)19-11-5-7-13-22(19)35-27(36)18-10-4-6-12-20(18)32-30(31)35/h4-15,17,21,25-26,33H,16H2,1-3H3/t21-,25-,26-,31+/m1/s1. The molecule has 0 radical (unpaired) electrons. The van der Waals surface area contributed by atoms with E-state index in [4.69, 9.17) is 9.72 Å². The van der Waals surface area contributed by atoms with Gasteiger partial charge in [0.1, 0.15) is 17.1 Å². The molecule has 4 atom stereocenters. The quantitative estimate of drug-likeness (QED) is 0.412. The van der Waals surface area contributed by atoms with E-state index in [0.717, 1.165) is 5.56 Å². The lowest BCUT2D eigenvalue weighted by atomic mass is 9.75. The second-order valence-corrected chi connectivity index (χ2v) is 11.0. The average molecular weight is 521 g/mol. The number of ether oxygens (including phenoxy) is 1. The molecule has 4 heterocycles. The van der Waals surface area contributed by atoms with Gasteiger partial charge in [-0.25, -0.2) is 9.88 Å². The molecule has 0 unspecified atom stereocenters. The second-order valence-electron chi connectivity index (χ2n) is 11.0. The molecule has 0 aliphatic carbocycles. The van der Waals surface area contributed by atoms with Crippen LogP contribution in [0.1, 0.15) is 31.7 Å². The van der Waals surface area contributed by atoms with Crippen molar-refractivity contribution in [1.29, 1.82) is 0 Å². The minimum Gasteiger partial charge on any atom is -0.495 e. The first-order valence-electron chi connectivity index (χ1n) is 13.3. The van der Waals surface area contributed by atoms with Gasteiger partial charge >= 0.3 is 0 Å². The van der Waals surface area contributed by atoms with Crippen molar-refractivity contribution in [3.8, 4) is 11.4 Å². The summed E-state index contributed by atoms with van der Waals surface area (Å²) in [6.07, 6.45) is 0.682. The highest BCUT2D eigenvalue weighted by Crippen LogP contribution is 2.56. The molecule has 8 nitrogen and oxygen atoms in total. The number of rotatable bonds is 4. The highest BCUT2D eigenvalue weighted by atomic mass is 16.5. The third-order valence-electron chi connectivity index (χ3n) is 8.41. The van der Waals surface area contributed by atoms with Crippen LogP contribution in [0.15, 0.2) is 77.6 Å². The van der Waals surface area contributed by atoms with E-state index in [1.807, 2.05) is 48.5 Å². The third-order valence-corrected chi connectivity index (χ3v) is 8.41. The number of imide groups is 1. The molecule has 1 spiro atoms. The number of hydrogen-bond acceptors (Lipinski definition) is 6. The molecule has 39 heavy (non-hydrogen) atoms. The molecule has 2 fully saturated rings. The SMILES string of the molecule is COc1ccccc1N1C(=O)[C@@H]2[C@@H](CC(C)C)N[C@@]3(c4ccccc4-n4c3nc3ccccc3c4=O)[C@H]2C1=O. The fraction of sp³-hybridized carbons (Fsp3) is 0.290. The largest absolute Gasteiger partial charge is 0.495 e. The number of carbonyl (C=O) groups excluding carboxylic acids is 2. The van der Waals surface area contributed by atoms with Crippen LogP contribution in [0.25, 0.3) is 16.6 Å². The van der Waals surface area contributed by atoms with Crippen LogP contribution in [0, 0.1) is 17.8 Å². The first-order valence-corrected chi connectivity index (χ1v) is 13.3. The van der Waals surface area contributed by atoms with Crippen LogP contribution < -0.4 is 20.5 Å². The number of amides is 2. The normalized spacial score (nSPS) is 25.0. The predicted molar refractivity (Wildman–Crippen MR) is 147 cm³/mol. The van der Waals surface area contributed by atoms with E-state index in [9.17, 15) is 14.4 Å². The maximum atomic E-state index is 14.5. The number of aromatic nitrogens is 2. The van der Waals surface area contributed by atoms with Crippen LogP contribution >= 0.6 is 0 Å². The van der Waals surface area contributed by atoms with Crippen molar-refractivity contribution < 1.29 is 14.3 Å². The number of para-hydroxylation sites is 4.